The maximum Gasteiger partial charge on any atom is 0.226 e. The van der Waals surface area contributed by atoms with Crippen molar-refractivity contribution in [3.8, 4) is 0 Å². The van der Waals surface area contributed by atoms with Crippen molar-refractivity contribution in [3.63, 3.8) is 0 Å². The molecule has 104 valence electrons. The summed E-state index contributed by atoms with van der Waals surface area (Å²) in [5.41, 5.74) is 7.43. The van der Waals surface area contributed by atoms with E-state index >= 15 is 0 Å². The molecule has 2 atom stereocenters. The number of H-pyrrole nitrogens is 1. The molecule has 1 aromatic carbocycles. The van der Waals surface area contributed by atoms with Crippen LogP contribution in [0, 0.1) is 0 Å². The van der Waals surface area contributed by atoms with Crippen LogP contribution in [0.15, 0.2) is 16.9 Å². The highest BCUT2D eigenvalue weighted by molar-refractivity contribution is 7.29. The topological polar surface area (TPSA) is 76.0 Å². The summed E-state index contributed by atoms with van der Waals surface area (Å²) < 4.78 is 0. The van der Waals surface area contributed by atoms with E-state index in [0.717, 1.165) is 6.42 Å². The molecule has 2 aromatic rings. The van der Waals surface area contributed by atoms with Crippen molar-refractivity contribution in [3.05, 3.63) is 38.6 Å². The molecule has 4 nitrogen and oxygen atoms in total. The van der Waals surface area contributed by atoms with Gasteiger partial charge in [-0.2, -0.15) is 0 Å². The zero-order valence-electron chi connectivity index (χ0n) is 10.7. The number of carbonyl (C=O) groups is 1. The van der Waals surface area contributed by atoms with Gasteiger partial charge in [0.15, 0.2) is 5.43 Å². The van der Waals surface area contributed by atoms with E-state index in [4.69, 9.17) is 17.3 Å². The number of hydrogen-bond acceptors (Lipinski definition) is 2. The van der Waals surface area contributed by atoms with Gasteiger partial charge in [-0.3, -0.25) is 9.59 Å². The van der Waals surface area contributed by atoms with Crippen molar-refractivity contribution in [1.82, 2.24) is 4.98 Å². The van der Waals surface area contributed by atoms with Crippen molar-refractivity contribution in [2.75, 3.05) is 0 Å². The quantitative estimate of drug-likeness (QED) is 0.785. The van der Waals surface area contributed by atoms with Crippen LogP contribution in [0.25, 0.3) is 10.9 Å². The van der Waals surface area contributed by atoms with E-state index < -0.39 is 5.92 Å². The molecule has 1 aliphatic carbocycles. The molecule has 1 heterocycles. The van der Waals surface area contributed by atoms with Gasteiger partial charge < -0.3 is 10.7 Å². The van der Waals surface area contributed by atoms with Crippen molar-refractivity contribution in [2.45, 2.75) is 25.2 Å². The maximum atomic E-state index is 12.7. The number of fused-ring (bicyclic) bond motifs is 2. The molecule has 0 fully saturated rings. The molecule has 3 N–H and O–H groups in total. The Bertz CT molecular complexity index is 785. The molecule has 0 bridgehead atoms. The average Bonchev–Trinajstić information content (AvgIpc) is 2.42. The van der Waals surface area contributed by atoms with Gasteiger partial charge in [0.05, 0.1) is 16.8 Å². The second-order valence-electron chi connectivity index (χ2n) is 5.08. The van der Waals surface area contributed by atoms with E-state index in [-0.39, 0.29) is 11.3 Å². The fraction of sp³-hybridized carbons (Fsp3) is 0.286. The van der Waals surface area contributed by atoms with Crippen LogP contribution in [-0.4, -0.2) is 10.9 Å². The summed E-state index contributed by atoms with van der Waals surface area (Å²) in [5.74, 6) is -0.791. The predicted octanol–water partition coefficient (Wildman–Crippen LogP) is 1.59. The van der Waals surface area contributed by atoms with Crippen molar-refractivity contribution < 1.29 is 4.79 Å². The first-order chi connectivity index (χ1) is 9.50. The van der Waals surface area contributed by atoms with Gasteiger partial charge in [-0.05, 0) is 31.4 Å². The standard InChI is InChI=1S/C14H14ClN2O2P/c15-8-4-5-9-10(13(8)20)12(18)6-2-1-3-7(14(16)19)11(6)17-9/h4-5,7H,1-3,20H2,(H2,16,19)(H,17,18). The lowest BCUT2D eigenvalue weighted by Gasteiger charge is -2.23. The van der Waals surface area contributed by atoms with Gasteiger partial charge in [-0.1, -0.05) is 11.6 Å². The van der Waals surface area contributed by atoms with Crippen LogP contribution in [0.3, 0.4) is 0 Å². The van der Waals surface area contributed by atoms with E-state index in [9.17, 15) is 9.59 Å². The molecule has 0 saturated carbocycles. The highest BCUT2D eigenvalue weighted by atomic mass is 35.5. The number of hydrogen-bond donors (Lipinski definition) is 2. The van der Waals surface area contributed by atoms with Gasteiger partial charge in [0.25, 0.3) is 0 Å². The molecule has 0 radical (unpaired) electrons. The molecule has 1 aliphatic rings. The minimum Gasteiger partial charge on any atom is -0.369 e. The molecular weight excluding hydrogens is 295 g/mol. The van der Waals surface area contributed by atoms with Gasteiger partial charge >= 0.3 is 0 Å². The molecular formula is C14H14ClN2O2P. The number of benzene rings is 1. The summed E-state index contributed by atoms with van der Waals surface area (Å²) in [6.07, 6.45) is 2.15. The molecule has 0 saturated heterocycles. The Morgan fingerprint density at radius 3 is 2.90 bits per heavy atom. The van der Waals surface area contributed by atoms with Crippen LogP contribution in [0.2, 0.25) is 5.02 Å². The summed E-state index contributed by atoms with van der Waals surface area (Å²) in [5, 5.41) is 1.80. The van der Waals surface area contributed by atoms with Gasteiger partial charge in [0, 0.05) is 21.6 Å². The number of rotatable bonds is 1. The van der Waals surface area contributed by atoms with Crippen molar-refractivity contribution in [2.24, 2.45) is 5.73 Å². The second kappa shape index (κ2) is 4.87. The first kappa shape index (κ1) is 13.6. The number of halogens is 1. The lowest BCUT2D eigenvalue weighted by molar-refractivity contribution is -0.119. The van der Waals surface area contributed by atoms with Crippen molar-refractivity contribution >= 4 is 43.0 Å². The average molecular weight is 309 g/mol. The number of amides is 1. The van der Waals surface area contributed by atoms with E-state index in [1.807, 2.05) is 0 Å². The first-order valence-corrected chi connectivity index (χ1v) is 7.38. The first-order valence-electron chi connectivity index (χ1n) is 6.42. The van der Waals surface area contributed by atoms with Gasteiger partial charge in [0.2, 0.25) is 5.91 Å². The number of aromatic amines is 1. The number of carbonyl (C=O) groups excluding carboxylic acids is 1. The number of aromatic nitrogens is 1. The lowest BCUT2D eigenvalue weighted by atomic mass is 9.85. The van der Waals surface area contributed by atoms with E-state index in [2.05, 4.69) is 14.2 Å². The maximum absolute atomic E-state index is 12.7. The Hall–Kier alpha value is -1.38. The highest BCUT2D eigenvalue weighted by Crippen LogP contribution is 2.30. The fourth-order valence-corrected chi connectivity index (χ4v) is 3.43. The van der Waals surface area contributed by atoms with E-state index in [0.29, 0.717) is 45.3 Å². The monoisotopic (exact) mass is 308 g/mol. The second-order valence-corrected chi connectivity index (χ2v) is 6.06. The predicted molar refractivity (Wildman–Crippen MR) is 83.8 cm³/mol. The lowest BCUT2D eigenvalue weighted by Crippen LogP contribution is -2.30. The van der Waals surface area contributed by atoms with Crippen LogP contribution < -0.4 is 16.5 Å². The number of primary amides is 1. The van der Waals surface area contributed by atoms with Crippen LogP contribution in [-0.2, 0) is 11.2 Å². The Morgan fingerprint density at radius 1 is 1.45 bits per heavy atom. The third-order valence-corrected chi connectivity index (χ3v) is 5.01. The molecule has 6 heteroatoms. The molecule has 3 rings (SSSR count). The normalized spacial score (nSPS) is 18.0. The number of nitrogens with one attached hydrogen (secondary N) is 1. The number of nitrogens with two attached hydrogens (primary N) is 1. The molecule has 1 amide bonds. The zero-order chi connectivity index (χ0) is 14.4. The van der Waals surface area contributed by atoms with Crippen LogP contribution in [0.1, 0.15) is 30.0 Å². The zero-order valence-corrected chi connectivity index (χ0v) is 12.6. The van der Waals surface area contributed by atoms with Crippen LogP contribution >= 0.6 is 20.8 Å². The van der Waals surface area contributed by atoms with Gasteiger partial charge in [-0.15, -0.1) is 9.24 Å². The number of pyridine rings is 1. The molecule has 2 unspecified atom stereocenters. The Kier molecular flexibility index (Phi) is 3.31. The van der Waals surface area contributed by atoms with E-state index in [1.165, 1.54) is 0 Å². The molecule has 1 aromatic heterocycles. The van der Waals surface area contributed by atoms with Crippen molar-refractivity contribution in [1.29, 1.82) is 0 Å². The minimum absolute atomic E-state index is 0.0489. The Morgan fingerprint density at radius 2 is 2.20 bits per heavy atom. The SMILES string of the molecule is NC(=O)C1CCCc2c1[nH]c1ccc(Cl)c(P)c1c2=O. The summed E-state index contributed by atoms with van der Waals surface area (Å²) in [4.78, 5) is 27.4. The molecule has 0 spiro atoms. The summed E-state index contributed by atoms with van der Waals surface area (Å²) in [7, 11) is 2.51. The van der Waals surface area contributed by atoms with E-state index in [1.54, 1.807) is 12.1 Å². The summed E-state index contributed by atoms with van der Waals surface area (Å²) >= 11 is 6.07. The Balaban J connectivity index is 2.39. The van der Waals surface area contributed by atoms with Gasteiger partial charge in [-0.25, -0.2) is 0 Å². The fourth-order valence-electron chi connectivity index (χ4n) is 2.89. The minimum atomic E-state index is -0.403. The van der Waals surface area contributed by atoms with Crippen LogP contribution in [0.5, 0.6) is 0 Å². The summed E-state index contributed by atoms with van der Waals surface area (Å²) in [6.45, 7) is 0. The summed E-state index contributed by atoms with van der Waals surface area (Å²) in [6, 6.07) is 3.50. The third-order valence-electron chi connectivity index (χ3n) is 3.90. The van der Waals surface area contributed by atoms with Crippen LogP contribution in [0.4, 0.5) is 0 Å². The smallest absolute Gasteiger partial charge is 0.226 e. The third kappa shape index (κ3) is 1.95. The van der Waals surface area contributed by atoms with Gasteiger partial charge in [0.1, 0.15) is 0 Å². The molecule has 0 aliphatic heterocycles. The molecule has 20 heavy (non-hydrogen) atoms. The largest absolute Gasteiger partial charge is 0.369 e. The Labute approximate surface area is 122 Å². The highest BCUT2D eigenvalue weighted by Gasteiger charge is 2.28.